The highest BCUT2D eigenvalue weighted by Gasteiger charge is 2.28. The summed E-state index contributed by atoms with van der Waals surface area (Å²) >= 11 is 1.78. The summed E-state index contributed by atoms with van der Waals surface area (Å²) in [6.45, 7) is 1.41. The first kappa shape index (κ1) is 15.3. The van der Waals surface area contributed by atoms with Crippen LogP contribution in [0.5, 0.6) is 0 Å². The zero-order chi connectivity index (χ0) is 16.4. The van der Waals surface area contributed by atoms with Crippen LogP contribution in [0.3, 0.4) is 0 Å². The molecule has 0 unspecified atom stereocenters. The Labute approximate surface area is 145 Å². The largest absolute Gasteiger partial charge is 0.324 e. The first-order chi connectivity index (χ1) is 11.8. The molecule has 1 saturated heterocycles. The predicted molar refractivity (Wildman–Crippen MR) is 98.2 cm³/mol. The van der Waals surface area contributed by atoms with Crippen molar-refractivity contribution in [2.45, 2.75) is 18.9 Å². The molecule has 1 aliphatic rings. The Hall–Kier alpha value is -2.24. The molecule has 5 heteroatoms. The van der Waals surface area contributed by atoms with E-state index in [1.165, 1.54) is 4.88 Å². The molecular formula is C19H19N3OS. The molecule has 1 aromatic carbocycles. The van der Waals surface area contributed by atoms with Gasteiger partial charge in [0.1, 0.15) is 0 Å². The molecular weight excluding hydrogens is 318 g/mol. The second-order valence-electron chi connectivity index (χ2n) is 6.07. The third-order valence-corrected chi connectivity index (χ3v) is 5.48. The molecule has 0 aliphatic carbocycles. The SMILES string of the molecule is O=C(CN1CCC[C@@H]1c1cccs1)Nc1cccc2ncccc12. The van der Waals surface area contributed by atoms with Crippen molar-refractivity contribution in [3.8, 4) is 0 Å². The number of hydrogen-bond donors (Lipinski definition) is 1. The normalized spacial score (nSPS) is 18.1. The van der Waals surface area contributed by atoms with Crippen LogP contribution in [-0.4, -0.2) is 28.9 Å². The fourth-order valence-corrected chi connectivity index (χ4v) is 4.30. The zero-order valence-electron chi connectivity index (χ0n) is 13.3. The topological polar surface area (TPSA) is 45.2 Å². The maximum absolute atomic E-state index is 12.6. The van der Waals surface area contributed by atoms with Crippen molar-refractivity contribution in [3.63, 3.8) is 0 Å². The minimum absolute atomic E-state index is 0.0369. The standard InChI is InChI=1S/C19H19N3OS/c23-19(13-22-11-3-8-17(22)18-9-4-12-24-18)21-16-7-1-6-15-14(16)5-2-10-20-15/h1-2,4-7,9-10,12,17H,3,8,11,13H2,(H,21,23)/t17-/m1/s1. The van der Waals surface area contributed by atoms with E-state index in [4.69, 9.17) is 0 Å². The van der Waals surface area contributed by atoms with E-state index >= 15 is 0 Å². The van der Waals surface area contributed by atoms with Gasteiger partial charge < -0.3 is 5.32 Å². The molecule has 1 N–H and O–H groups in total. The molecule has 1 atom stereocenters. The summed E-state index contributed by atoms with van der Waals surface area (Å²) in [6, 6.07) is 14.3. The van der Waals surface area contributed by atoms with Crippen molar-refractivity contribution < 1.29 is 4.79 Å². The Morgan fingerprint density at radius 2 is 2.21 bits per heavy atom. The van der Waals surface area contributed by atoms with Crippen LogP contribution in [0.1, 0.15) is 23.8 Å². The molecule has 4 rings (SSSR count). The van der Waals surface area contributed by atoms with E-state index in [9.17, 15) is 4.79 Å². The summed E-state index contributed by atoms with van der Waals surface area (Å²) in [5.74, 6) is 0.0369. The minimum atomic E-state index is 0.0369. The minimum Gasteiger partial charge on any atom is -0.324 e. The van der Waals surface area contributed by atoms with Crippen LogP contribution in [-0.2, 0) is 4.79 Å². The molecule has 0 radical (unpaired) electrons. The number of thiophene rings is 1. The number of benzene rings is 1. The van der Waals surface area contributed by atoms with Gasteiger partial charge in [0.15, 0.2) is 0 Å². The summed E-state index contributed by atoms with van der Waals surface area (Å²) in [4.78, 5) is 20.5. The van der Waals surface area contributed by atoms with E-state index in [0.29, 0.717) is 12.6 Å². The monoisotopic (exact) mass is 337 g/mol. The second-order valence-corrected chi connectivity index (χ2v) is 7.05. The smallest absolute Gasteiger partial charge is 0.238 e. The van der Waals surface area contributed by atoms with E-state index in [1.807, 2.05) is 30.3 Å². The van der Waals surface area contributed by atoms with Gasteiger partial charge in [-0.3, -0.25) is 14.7 Å². The molecule has 3 heterocycles. The summed E-state index contributed by atoms with van der Waals surface area (Å²) in [7, 11) is 0. The lowest BCUT2D eigenvalue weighted by atomic mass is 10.1. The summed E-state index contributed by atoms with van der Waals surface area (Å²) in [6.07, 6.45) is 4.05. The van der Waals surface area contributed by atoms with Crippen LogP contribution in [0, 0.1) is 0 Å². The molecule has 1 aliphatic heterocycles. The number of pyridine rings is 1. The number of fused-ring (bicyclic) bond motifs is 1. The Balaban J connectivity index is 1.48. The molecule has 1 amide bonds. The van der Waals surface area contributed by atoms with Gasteiger partial charge in [-0.15, -0.1) is 11.3 Å². The molecule has 0 bridgehead atoms. The fourth-order valence-electron chi connectivity index (χ4n) is 3.41. The molecule has 2 aromatic heterocycles. The number of aromatic nitrogens is 1. The van der Waals surface area contributed by atoms with E-state index in [2.05, 4.69) is 32.7 Å². The van der Waals surface area contributed by atoms with Crippen LogP contribution >= 0.6 is 11.3 Å². The molecule has 0 saturated carbocycles. The quantitative estimate of drug-likeness (QED) is 0.780. The Bertz CT molecular complexity index is 841. The van der Waals surface area contributed by atoms with Crippen LogP contribution in [0.15, 0.2) is 54.0 Å². The van der Waals surface area contributed by atoms with E-state index < -0.39 is 0 Å². The molecule has 4 nitrogen and oxygen atoms in total. The molecule has 24 heavy (non-hydrogen) atoms. The first-order valence-electron chi connectivity index (χ1n) is 8.22. The number of carbonyl (C=O) groups excluding carboxylic acids is 1. The van der Waals surface area contributed by atoms with Crippen LogP contribution < -0.4 is 5.32 Å². The third-order valence-electron chi connectivity index (χ3n) is 4.50. The zero-order valence-corrected chi connectivity index (χ0v) is 14.1. The van der Waals surface area contributed by atoms with Gasteiger partial charge in [-0.2, -0.15) is 0 Å². The molecule has 3 aromatic rings. The van der Waals surface area contributed by atoms with Gasteiger partial charge in [0.25, 0.3) is 0 Å². The average molecular weight is 337 g/mol. The van der Waals surface area contributed by atoms with Gasteiger partial charge in [-0.05, 0) is 55.1 Å². The number of likely N-dealkylation sites (tertiary alicyclic amines) is 1. The average Bonchev–Trinajstić information content (AvgIpc) is 3.26. The van der Waals surface area contributed by atoms with E-state index in [1.54, 1.807) is 17.5 Å². The number of nitrogens with one attached hydrogen (secondary N) is 1. The van der Waals surface area contributed by atoms with Crippen molar-refractivity contribution in [1.82, 2.24) is 9.88 Å². The summed E-state index contributed by atoms with van der Waals surface area (Å²) < 4.78 is 0. The maximum Gasteiger partial charge on any atom is 0.238 e. The predicted octanol–water partition coefficient (Wildman–Crippen LogP) is 4.07. The van der Waals surface area contributed by atoms with Gasteiger partial charge in [0, 0.05) is 22.5 Å². The lowest BCUT2D eigenvalue weighted by Crippen LogP contribution is -2.32. The van der Waals surface area contributed by atoms with Crippen molar-refractivity contribution in [2.24, 2.45) is 0 Å². The summed E-state index contributed by atoms with van der Waals surface area (Å²) in [5, 5.41) is 6.14. The molecule has 1 fully saturated rings. The number of carbonyl (C=O) groups is 1. The van der Waals surface area contributed by atoms with Crippen molar-refractivity contribution in [1.29, 1.82) is 0 Å². The highest BCUT2D eigenvalue weighted by molar-refractivity contribution is 7.10. The highest BCUT2D eigenvalue weighted by atomic mass is 32.1. The van der Waals surface area contributed by atoms with Crippen molar-refractivity contribution in [2.75, 3.05) is 18.4 Å². The lowest BCUT2D eigenvalue weighted by Gasteiger charge is -2.23. The Kier molecular flexibility index (Phi) is 4.28. The first-order valence-corrected chi connectivity index (χ1v) is 9.10. The van der Waals surface area contributed by atoms with Gasteiger partial charge in [-0.1, -0.05) is 12.1 Å². The number of amides is 1. The highest BCUT2D eigenvalue weighted by Crippen LogP contribution is 2.34. The van der Waals surface area contributed by atoms with Gasteiger partial charge >= 0.3 is 0 Å². The van der Waals surface area contributed by atoms with E-state index in [0.717, 1.165) is 36.0 Å². The number of anilines is 1. The molecule has 122 valence electrons. The third kappa shape index (κ3) is 3.05. The van der Waals surface area contributed by atoms with Crippen molar-refractivity contribution in [3.05, 3.63) is 58.9 Å². The fraction of sp³-hybridized carbons (Fsp3) is 0.263. The van der Waals surface area contributed by atoms with Gasteiger partial charge in [-0.25, -0.2) is 0 Å². The van der Waals surface area contributed by atoms with Gasteiger partial charge in [0.05, 0.1) is 17.7 Å². The summed E-state index contributed by atoms with van der Waals surface area (Å²) in [5.41, 5.74) is 1.73. The van der Waals surface area contributed by atoms with Crippen LogP contribution in [0.25, 0.3) is 10.9 Å². The lowest BCUT2D eigenvalue weighted by molar-refractivity contribution is -0.117. The number of hydrogen-bond acceptors (Lipinski definition) is 4. The number of nitrogens with zero attached hydrogens (tertiary/aromatic N) is 2. The second kappa shape index (κ2) is 6.71. The van der Waals surface area contributed by atoms with Gasteiger partial charge in [0.2, 0.25) is 5.91 Å². The van der Waals surface area contributed by atoms with Crippen LogP contribution in [0.2, 0.25) is 0 Å². The molecule has 0 spiro atoms. The number of rotatable bonds is 4. The van der Waals surface area contributed by atoms with Crippen LogP contribution in [0.4, 0.5) is 5.69 Å². The Morgan fingerprint density at radius 3 is 3.08 bits per heavy atom. The van der Waals surface area contributed by atoms with E-state index in [-0.39, 0.29) is 5.91 Å². The Morgan fingerprint density at radius 1 is 1.25 bits per heavy atom. The maximum atomic E-state index is 12.6. The van der Waals surface area contributed by atoms with Crippen molar-refractivity contribution >= 4 is 33.8 Å².